The summed E-state index contributed by atoms with van der Waals surface area (Å²) in [7, 11) is -3.46. The molecule has 0 radical (unpaired) electrons. The van der Waals surface area contributed by atoms with Gasteiger partial charge in [-0.25, -0.2) is 8.42 Å². The van der Waals surface area contributed by atoms with E-state index < -0.39 is 14.9 Å². The number of quaternary nitrogens is 1. The maximum absolute atomic E-state index is 12.7. The molecule has 1 saturated heterocycles. The minimum atomic E-state index is -3.46. The molecule has 2 aromatic rings. The highest BCUT2D eigenvalue weighted by molar-refractivity contribution is 7.89. The summed E-state index contributed by atoms with van der Waals surface area (Å²) in [6, 6.07) is 15.2. The molecule has 0 aromatic heterocycles. The van der Waals surface area contributed by atoms with E-state index in [4.69, 9.17) is 0 Å². The molecule has 1 aliphatic heterocycles. The number of nitrogens with one attached hydrogen (secondary N) is 1. The van der Waals surface area contributed by atoms with Crippen LogP contribution in [-0.4, -0.2) is 43.8 Å². The first-order valence-electron chi connectivity index (χ1n) is 8.54. The normalized spacial score (nSPS) is 17.7. The van der Waals surface area contributed by atoms with Crippen LogP contribution in [0, 0.1) is 10.1 Å². The number of benzene rings is 2. The van der Waals surface area contributed by atoms with Crippen LogP contribution in [0.3, 0.4) is 0 Å². The molecule has 1 atom stereocenters. The summed E-state index contributed by atoms with van der Waals surface area (Å²) < 4.78 is 26.9. The number of nitro groups is 1. The predicted molar refractivity (Wildman–Crippen MR) is 97.4 cm³/mol. The highest BCUT2D eigenvalue weighted by atomic mass is 32.2. The molecule has 1 N–H and O–H groups in total. The predicted octanol–water partition coefficient (Wildman–Crippen LogP) is 1.25. The Labute approximate surface area is 153 Å². The van der Waals surface area contributed by atoms with Crippen LogP contribution < -0.4 is 4.90 Å². The van der Waals surface area contributed by atoms with E-state index in [9.17, 15) is 18.5 Å². The van der Waals surface area contributed by atoms with Gasteiger partial charge < -0.3 is 4.90 Å². The number of rotatable bonds is 5. The standard InChI is InChI=1S/C18H21N3O4S/c1-15(16-6-5-7-17(14-16)21(22)23)19-10-12-20(13-11-19)26(24,25)18-8-3-2-4-9-18/h2-9,14-15H,10-13H2,1H3/p+1/t15-/m1/s1. The summed E-state index contributed by atoms with van der Waals surface area (Å²) in [6.07, 6.45) is 0. The highest BCUT2D eigenvalue weighted by Gasteiger charge is 2.32. The smallest absolute Gasteiger partial charge is 0.269 e. The molecule has 8 heteroatoms. The van der Waals surface area contributed by atoms with Crippen molar-refractivity contribution in [1.82, 2.24) is 4.31 Å². The number of nitro benzene ring substituents is 1. The Morgan fingerprint density at radius 1 is 1.08 bits per heavy atom. The summed E-state index contributed by atoms with van der Waals surface area (Å²) in [5.74, 6) is 0. The van der Waals surface area contributed by atoms with Gasteiger partial charge in [0, 0.05) is 17.7 Å². The van der Waals surface area contributed by atoms with E-state index in [0.717, 1.165) is 5.56 Å². The molecule has 1 fully saturated rings. The summed E-state index contributed by atoms with van der Waals surface area (Å²) in [4.78, 5) is 12.1. The lowest BCUT2D eigenvalue weighted by molar-refractivity contribution is -0.933. The van der Waals surface area contributed by atoms with Crippen LogP contribution >= 0.6 is 0 Å². The van der Waals surface area contributed by atoms with Gasteiger partial charge in [0.25, 0.3) is 5.69 Å². The molecule has 2 aromatic carbocycles. The van der Waals surface area contributed by atoms with E-state index in [-0.39, 0.29) is 11.7 Å². The first kappa shape index (κ1) is 18.5. The van der Waals surface area contributed by atoms with Crippen molar-refractivity contribution in [2.75, 3.05) is 26.2 Å². The Morgan fingerprint density at radius 2 is 1.73 bits per heavy atom. The van der Waals surface area contributed by atoms with Gasteiger partial charge in [-0.1, -0.05) is 30.3 Å². The molecule has 0 spiro atoms. The van der Waals surface area contributed by atoms with Gasteiger partial charge in [0.05, 0.1) is 36.0 Å². The Bertz CT molecular complexity index is 878. The molecule has 26 heavy (non-hydrogen) atoms. The van der Waals surface area contributed by atoms with Crippen molar-refractivity contribution in [3.8, 4) is 0 Å². The van der Waals surface area contributed by atoms with Crippen LogP contribution in [-0.2, 0) is 10.0 Å². The second kappa shape index (κ2) is 7.53. The fraction of sp³-hybridized carbons (Fsp3) is 0.333. The van der Waals surface area contributed by atoms with E-state index in [1.54, 1.807) is 42.5 Å². The number of nitrogens with zero attached hydrogens (tertiary/aromatic N) is 2. The number of hydrogen-bond donors (Lipinski definition) is 1. The van der Waals surface area contributed by atoms with Crippen molar-refractivity contribution >= 4 is 15.7 Å². The lowest BCUT2D eigenvalue weighted by atomic mass is 10.1. The molecule has 138 valence electrons. The largest absolute Gasteiger partial charge is 0.327 e. The molecule has 7 nitrogen and oxygen atoms in total. The zero-order valence-corrected chi connectivity index (χ0v) is 15.4. The topological polar surface area (TPSA) is 85.0 Å². The zero-order valence-electron chi connectivity index (χ0n) is 14.5. The lowest BCUT2D eigenvalue weighted by Gasteiger charge is -2.34. The third-order valence-corrected chi connectivity index (χ3v) is 6.85. The van der Waals surface area contributed by atoms with Crippen molar-refractivity contribution in [1.29, 1.82) is 0 Å². The van der Waals surface area contributed by atoms with Crippen LogP contribution in [0.2, 0.25) is 0 Å². The number of piperazine rings is 1. The Hall–Kier alpha value is -2.29. The molecule has 0 bridgehead atoms. The van der Waals surface area contributed by atoms with Crippen LogP contribution in [0.1, 0.15) is 18.5 Å². The molecule has 1 aliphatic rings. The van der Waals surface area contributed by atoms with Gasteiger partial charge in [0.15, 0.2) is 0 Å². The molecule has 0 aliphatic carbocycles. The Balaban J connectivity index is 1.69. The van der Waals surface area contributed by atoms with Crippen molar-refractivity contribution in [3.05, 3.63) is 70.3 Å². The first-order valence-corrected chi connectivity index (χ1v) is 9.98. The summed E-state index contributed by atoms with van der Waals surface area (Å²) in [5.41, 5.74) is 0.979. The Kier molecular flexibility index (Phi) is 5.36. The average Bonchev–Trinajstić information content (AvgIpc) is 2.68. The maximum atomic E-state index is 12.7. The Morgan fingerprint density at radius 3 is 2.35 bits per heavy atom. The minimum absolute atomic E-state index is 0.0662. The maximum Gasteiger partial charge on any atom is 0.269 e. The van der Waals surface area contributed by atoms with Crippen molar-refractivity contribution in [2.24, 2.45) is 0 Å². The first-order chi connectivity index (χ1) is 12.4. The van der Waals surface area contributed by atoms with Gasteiger partial charge >= 0.3 is 0 Å². The summed E-state index contributed by atoms with van der Waals surface area (Å²) in [5, 5.41) is 11.0. The number of hydrogen-bond acceptors (Lipinski definition) is 4. The average molecular weight is 376 g/mol. The number of sulfonamides is 1. The zero-order chi connectivity index (χ0) is 18.7. The van der Waals surface area contributed by atoms with E-state index in [1.807, 2.05) is 13.0 Å². The van der Waals surface area contributed by atoms with E-state index in [2.05, 4.69) is 0 Å². The van der Waals surface area contributed by atoms with Crippen LogP contribution in [0.15, 0.2) is 59.5 Å². The van der Waals surface area contributed by atoms with Crippen LogP contribution in [0.5, 0.6) is 0 Å². The molecule has 0 saturated carbocycles. The highest BCUT2D eigenvalue weighted by Crippen LogP contribution is 2.19. The molecule has 1 heterocycles. The molecule has 0 unspecified atom stereocenters. The molecular formula is C18H22N3O4S+. The third-order valence-electron chi connectivity index (χ3n) is 4.94. The molecular weight excluding hydrogens is 354 g/mol. The summed E-state index contributed by atoms with van der Waals surface area (Å²) in [6.45, 7) is 4.22. The van der Waals surface area contributed by atoms with E-state index in [1.165, 1.54) is 15.3 Å². The second-order valence-electron chi connectivity index (χ2n) is 6.45. The van der Waals surface area contributed by atoms with E-state index >= 15 is 0 Å². The minimum Gasteiger partial charge on any atom is -0.327 e. The van der Waals surface area contributed by atoms with Gasteiger partial charge in [-0.05, 0) is 19.1 Å². The van der Waals surface area contributed by atoms with E-state index in [0.29, 0.717) is 31.1 Å². The second-order valence-corrected chi connectivity index (χ2v) is 8.39. The molecule has 0 amide bonds. The van der Waals surface area contributed by atoms with Gasteiger partial charge in [0.2, 0.25) is 10.0 Å². The van der Waals surface area contributed by atoms with Crippen molar-refractivity contribution in [2.45, 2.75) is 17.9 Å². The van der Waals surface area contributed by atoms with Crippen molar-refractivity contribution < 1.29 is 18.2 Å². The number of non-ortho nitro benzene ring substituents is 1. The lowest BCUT2D eigenvalue weighted by Crippen LogP contribution is -3.14. The fourth-order valence-electron chi connectivity index (χ4n) is 3.33. The fourth-order valence-corrected chi connectivity index (χ4v) is 4.79. The SMILES string of the molecule is C[C@H](c1cccc([N+](=O)[O-])c1)[NH+]1CCN(S(=O)(=O)c2ccccc2)CC1. The van der Waals surface area contributed by atoms with Gasteiger partial charge in [-0.3, -0.25) is 10.1 Å². The quantitative estimate of drug-likeness (QED) is 0.629. The van der Waals surface area contributed by atoms with Crippen LogP contribution in [0.25, 0.3) is 0 Å². The third kappa shape index (κ3) is 3.77. The van der Waals surface area contributed by atoms with Gasteiger partial charge in [0.1, 0.15) is 6.04 Å². The van der Waals surface area contributed by atoms with Gasteiger partial charge in [-0.15, -0.1) is 0 Å². The van der Waals surface area contributed by atoms with Crippen molar-refractivity contribution in [3.63, 3.8) is 0 Å². The monoisotopic (exact) mass is 376 g/mol. The van der Waals surface area contributed by atoms with Crippen LogP contribution in [0.4, 0.5) is 5.69 Å². The molecule has 3 rings (SSSR count). The summed E-state index contributed by atoms with van der Waals surface area (Å²) >= 11 is 0. The van der Waals surface area contributed by atoms with Gasteiger partial charge in [-0.2, -0.15) is 4.31 Å².